The predicted octanol–water partition coefficient (Wildman–Crippen LogP) is 2.97. The number of thiophene rings is 1. The minimum Gasteiger partial charge on any atom is -0.368 e. The molecule has 0 saturated carbocycles. The Morgan fingerprint density at radius 1 is 1.18 bits per heavy atom. The number of amides is 1. The fourth-order valence-electron chi connectivity index (χ4n) is 2.04. The van der Waals surface area contributed by atoms with Gasteiger partial charge in [-0.3, -0.25) is 4.79 Å². The molecule has 3 aromatic rings. The van der Waals surface area contributed by atoms with Crippen molar-refractivity contribution < 1.29 is 4.79 Å². The van der Waals surface area contributed by atoms with Crippen LogP contribution in [0.1, 0.15) is 4.88 Å². The molecule has 1 aromatic carbocycles. The van der Waals surface area contributed by atoms with Gasteiger partial charge in [0, 0.05) is 22.3 Å². The molecule has 0 aliphatic rings. The third kappa shape index (κ3) is 3.48. The number of anilines is 2. The number of carbonyl (C=O) groups is 1. The van der Waals surface area contributed by atoms with Crippen molar-refractivity contribution in [1.29, 1.82) is 0 Å². The Bertz CT molecular complexity index is 769. The van der Waals surface area contributed by atoms with Gasteiger partial charge in [-0.2, -0.15) is 0 Å². The van der Waals surface area contributed by atoms with E-state index >= 15 is 0 Å². The van der Waals surface area contributed by atoms with Gasteiger partial charge in [0.15, 0.2) is 0 Å². The molecule has 3 rings (SSSR count). The lowest BCUT2D eigenvalue weighted by atomic mass is 10.1. The Hall–Kier alpha value is -2.73. The summed E-state index contributed by atoms with van der Waals surface area (Å²) in [5.74, 6) is 0.215. The highest BCUT2D eigenvalue weighted by molar-refractivity contribution is 7.10. The number of benzene rings is 1. The van der Waals surface area contributed by atoms with Gasteiger partial charge in [0.05, 0.1) is 12.1 Å². The lowest BCUT2D eigenvalue weighted by Gasteiger charge is -2.06. The molecule has 0 unspecified atom stereocenters. The molecule has 22 heavy (non-hydrogen) atoms. The summed E-state index contributed by atoms with van der Waals surface area (Å²) < 4.78 is 0. The fourth-order valence-corrected chi connectivity index (χ4v) is 2.74. The van der Waals surface area contributed by atoms with Crippen molar-refractivity contribution in [2.75, 3.05) is 11.1 Å². The summed E-state index contributed by atoms with van der Waals surface area (Å²) in [6.07, 6.45) is 2.01. The van der Waals surface area contributed by atoms with Crippen LogP contribution < -0.4 is 11.1 Å². The zero-order chi connectivity index (χ0) is 15.4. The first kappa shape index (κ1) is 14.2. The van der Waals surface area contributed by atoms with Crippen molar-refractivity contribution in [3.8, 4) is 11.3 Å². The van der Waals surface area contributed by atoms with Crippen LogP contribution in [0.3, 0.4) is 0 Å². The number of carbonyl (C=O) groups excluding carboxylic acids is 1. The molecule has 110 valence electrons. The number of nitrogens with zero attached hydrogens (tertiary/aromatic N) is 2. The molecule has 0 aliphatic heterocycles. The van der Waals surface area contributed by atoms with Gasteiger partial charge in [-0.05, 0) is 29.6 Å². The van der Waals surface area contributed by atoms with Gasteiger partial charge in [0.1, 0.15) is 0 Å². The third-order valence-corrected chi connectivity index (χ3v) is 3.93. The molecule has 0 spiro atoms. The van der Waals surface area contributed by atoms with Gasteiger partial charge in [-0.1, -0.05) is 18.2 Å². The number of rotatable bonds is 4. The molecule has 5 nitrogen and oxygen atoms in total. The number of nitrogen functional groups attached to an aromatic ring is 1. The Labute approximate surface area is 131 Å². The Morgan fingerprint density at radius 3 is 2.68 bits per heavy atom. The van der Waals surface area contributed by atoms with Gasteiger partial charge in [0.25, 0.3) is 0 Å². The molecule has 6 heteroatoms. The number of hydrogen-bond donors (Lipinski definition) is 2. The number of aromatic nitrogens is 2. The smallest absolute Gasteiger partial charge is 0.229 e. The highest BCUT2D eigenvalue weighted by Crippen LogP contribution is 2.20. The quantitative estimate of drug-likeness (QED) is 0.776. The van der Waals surface area contributed by atoms with Gasteiger partial charge >= 0.3 is 0 Å². The molecule has 2 heterocycles. The molecule has 0 atom stereocenters. The first-order valence-corrected chi connectivity index (χ1v) is 7.60. The summed E-state index contributed by atoms with van der Waals surface area (Å²) in [6.45, 7) is 0. The standard InChI is InChI=1S/C16H14N4OS/c17-16-18-8-7-14(20-16)11-3-5-12(6-4-11)19-15(21)10-13-2-1-9-22-13/h1-9H,10H2,(H,19,21)(H2,17,18,20). The van der Waals surface area contributed by atoms with E-state index in [2.05, 4.69) is 15.3 Å². The molecule has 0 saturated heterocycles. The molecular weight excluding hydrogens is 296 g/mol. The second kappa shape index (κ2) is 6.36. The van der Waals surface area contributed by atoms with Gasteiger partial charge in [-0.15, -0.1) is 11.3 Å². The van der Waals surface area contributed by atoms with Crippen LogP contribution >= 0.6 is 11.3 Å². The van der Waals surface area contributed by atoms with E-state index in [0.717, 1.165) is 21.8 Å². The fraction of sp³-hybridized carbons (Fsp3) is 0.0625. The Kier molecular flexibility index (Phi) is 4.11. The van der Waals surface area contributed by atoms with E-state index in [9.17, 15) is 4.79 Å². The molecule has 0 radical (unpaired) electrons. The number of nitrogens with two attached hydrogens (primary N) is 1. The maximum Gasteiger partial charge on any atom is 0.229 e. The van der Waals surface area contributed by atoms with Crippen molar-refractivity contribution >= 4 is 28.9 Å². The average molecular weight is 310 g/mol. The molecule has 0 bridgehead atoms. The van der Waals surface area contributed by atoms with Crippen LogP contribution in [0.4, 0.5) is 11.6 Å². The summed E-state index contributed by atoms with van der Waals surface area (Å²) >= 11 is 1.58. The molecule has 3 N–H and O–H groups in total. The Balaban J connectivity index is 1.68. The summed E-state index contributed by atoms with van der Waals surface area (Å²) in [4.78, 5) is 21.0. The van der Waals surface area contributed by atoms with E-state index < -0.39 is 0 Å². The number of hydrogen-bond acceptors (Lipinski definition) is 5. The molecule has 2 aromatic heterocycles. The van der Waals surface area contributed by atoms with Crippen LogP contribution in [0.25, 0.3) is 11.3 Å². The summed E-state index contributed by atoms with van der Waals surface area (Å²) in [5.41, 5.74) is 8.01. The third-order valence-electron chi connectivity index (χ3n) is 3.05. The van der Waals surface area contributed by atoms with Crippen LogP contribution in [-0.2, 0) is 11.2 Å². The number of nitrogens with one attached hydrogen (secondary N) is 1. The largest absolute Gasteiger partial charge is 0.368 e. The minimum atomic E-state index is -0.0264. The van der Waals surface area contributed by atoms with Crippen LogP contribution in [0, 0.1) is 0 Å². The van der Waals surface area contributed by atoms with Crippen molar-refractivity contribution in [2.45, 2.75) is 6.42 Å². The van der Waals surface area contributed by atoms with E-state index in [1.54, 1.807) is 23.6 Å². The minimum absolute atomic E-state index is 0.0264. The summed E-state index contributed by atoms with van der Waals surface area (Å²) in [6, 6.07) is 13.2. The highest BCUT2D eigenvalue weighted by Gasteiger charge is 2.06. The molecule has 0 aliphatic carbocycles. The highest BCUT2D eigenvalue weighted by atomic mass is 32.1. The SMILES string of the molecule is Nc1nccc(-c2ccc(NC(=O)Cc3cccs3)cc2)n1. The zero-order valence-electron chi connectivity index (χ0n) is 11.7. The molecular formula is C16H14N4OS. The van der Waals surface area contributed by atoms with Gasteiger partial charge in [-0.25, -0.2) is 9.97 Å². The average Bonchev–Trinajstić information content (AvgIpc) is 3.01. The van der Waals surface area contributed by atoms with Crippen LogP contribution in [-0.4, -0.2) is 15.9 Å². The second-order valence-electron chi connectivity index (χ2n) is 4.68. The zero-order valence-corrected chi connectivity index (χ0v) is 12.5. The second-order valence-corrected chi connectivity index (χ2v) is 5.71. The van der Waals surface area contributed by atoms with Gasteiger partial charge in [0.2, 0.25) is 11.9 Å². The van der Waals surface area contributed by atoms with Gasteiger partial charge < -0.3 is 11.1 Å². The summed E-state index contributed by atoms with van der Waals surface area (Å²) in [5, 5.41) is 4.84. The molecule has 0 fully saturated rings. The maximum atomic E-state index is 11.9. The van der Waals surface area contributed by atoms with E-state index in [-0.39, 0.29) is 11.9 Å². The maximum absolute atomic E-state index is 11.9. The lowest BCUT2D eigenvalue weighted by Crippen LogP contribution is -2.13. The van der Waals surface area contributed by atoms with E-state index in [1.807, 2.05) is 41.8 Å². The van der Waals surface area contributed by atoms with E-state index in [4.69, 9.17) is 5.73 Å². The van der Waals surface area contributed by atoms with Crippen molar-refractivity contribution in [3.63, 3.8) is 0 Å². The van der Waals surface area contributed by atoms with Crippen LogP contribution in [0.2, 0.25) is 0 Å². The van der Waals surface area contributed by atoms with E-state index in [1.165, 1.54) is 0 Å². The lowest BCUT2D eigenvalue weighted by molar-refractivity contribution is -0.115. The van der Waals surface area contributed by atoms with Crippen molar-refractivity contribution in [3.05, 3.63) is 58.9 Å². The first-order valence-electron chi connectivity index (χ1n) is 6.72. The van der Waals surface area contributed by atoms with E-state index in [0.29, 0.717) is 6.42 Å². The Morgan fingerprint density at radius 2 is 2.00 bits per heavy atom. The monoisotopic (exact) mass is 310 g/mol. The first-order chi connectivity index (χ1) is 10.7. The predicted molar refractivity (Wildman–Crippen MR) is 88.5 cm³/mol. The molecule has 1 amide bonds. The topological polar surface area (TPSA) is 80.9 Å². The van der Waals surface area contributed by atoms with Crippen molar-refractivity contribution in [2.24, 2.45) is 0 Å². The van der Waals surface area contributed by atoms with Crippen LogP contribution in [0.15, 0.2) is 54.0 Å². The summed E-state index contributed by atoms with van der Waals surface area (Å²) in [7, 11) is 0. The van der Waals surface area contributed by atoms with Crippen molar-refractivity contribution in [1.82, 2.24) is 9.97 Å². The van der Waals surface area contributed by atoms with Crippen LogP contribution in [0.5, 0.6) is 0 Å². The normalized spacial score (nSPS) is 10.4.